The summed E-state index contributed by atoms with van der Waals surface area (Å²) in [4.78, 5) is 7.93. The van der Waals surface area contributed by atoms with Crippen molar-refractivity contribution in [2.75, 3.05) is 11.9 Å². The van der Waals surface area contributed by atoms with Gasteiger partial charge in [0.25, 0.3) is 0 Å². The lowest BCUT2D eigenvalue weighted by Crippen LogP contribution is -2.08. The third kappa shape index (κ3) is 3.26. The van der Waals surface area contributed by atoms with Crippen molar-refractivity contribution in [1.29, 1.82) is 0 Å². The van der Waals surface area contributed by atoms with Gasteiger partial charge in [-0.05, 0) is 12.5 Å². The molecule has 1 aromatic carbocycles. The Bertz CT molecular complexity index is 582. The molecular weight excluding hydrogens is 267 g/mol. The summed E-state index contributed by atoms with van der Waals surface area (Å²) < 4.78 is 38.9. The van der Waals surface area contributed by atoms with Crippen LogP contribution in [0.5, 0.6) is 0 Å². The van der Waals surface area contributed by atoms with Gasteiger partial charge >= 0.3 is 6.18 Å². The Morgan fingerprint density at radius 1 is 1.15 bits per heavy atom. The van der Waals surface area contributed by atoms with Gasteiger partial charge in [0, 0.05) is 18.2 Å². The molecule has 0 radical (unpaired) electrons. The summed E-state index contributed by atoms with van der Waals surface area (Å²) in [6.45, 7) is 2.70. The number of nitrogens with one attached hydrogen (secondary N) is 1. The lowest BCUT2D eigenvalue weighted by molar-refractivity contribution is -0.137. The van der Waals surface area contributed by atoms with Crippen LogP contribution in [0, 0.1) is 0 Å². The molecule has 1 aromatic heterocycles. The van der Waals surface area contributed by atoms with E-state index in [0.29, 0.717) is 12.4 Å². The lowest BCUT2D eigenvalue weighted by Gasteiger charge is -2.12. The van der Waals surface area contributed by atoms with E-state index < -0.39 is 11.7 Å². The van der Waals surface area contributed by atoms with Gasteiger partial charge in [-0.1, -0.05) is 25.1 Å². The molecule has 0 aliphatic heterocycles. The van der Waals surface area contributed by atoms with Crippen LogP contribution in [0.1, 0.15) is 18.9 Å². The number of anilines is 1. The van der Waals surface area contributed by atoms with Crippen molar-refractivity contribution in [3.8, 4) is 11.3 Å². The predicted octanol–water partition coefficient (Wildman–Crippen LogP) is 3.98. The Labute approximate surface area is 114 Å². The summed E-state index contributed by atoms with van der Waals surface area (Å²) in [5.41, 5.74) is -0.381. The molecule has 3 nitrogen and oxygen atoms in total. The van der Waals surface area contributed by atoms with Crippen molar-refractivity contribution in [2.45, 2.75) is 19.5 Å². The second-order valence-electron chi connectivity index (χ2n) is 4.26. The minimum absolute atomic E-state index is 0.0574. The molecule has 2 rings (SSSR count). The summed E-state index contributed by atoms with van der Waals surface area (Å²) in [7, 11) is 0. The van der Waals surface area contributed by atoms with Gasteiger partial charge in [0.1, 0.15) is 12.1 Å². The van der Waals surface area contributed by atoms with Crippen molar-refractivity contribution in [3.05, 3.63) is 42.2 Å². The first-order valence-corrected chi connectivity index (χ1v) is 6.25. The van der Waals surface area contributed by atoms with E-state index in [0.717, 1.165) is 12.5 Å². The van der Waals surface area contributed by atoms with Crippen LogP contribution in [0.2, 0.25) is 0 Å². The van der Waals surface area contributed by atoms with Crippen molar-refractivity contribution in [1.82, 2.24) is 9.97 Å². The van der Waals surface area contributed by atoms with Crippen LogP contribution in [0.25, 0.3) is 11.3 Å². The highest BCUT2D eigenvalue weighted by Crippen LogP contribution is 2.36. The van der Waals surface area contributed by atoms with Crippen LogP contribution in [-0.2, 0) is 6.18 Å². The molecule has 106 valence electrons. The largest absolute Gasteiger partial charge is 0.417 e. The second-order valence-corrected chi connectivity index (χ2v) is 4.26. The van der Waals surface area contributed by atoms with Crippen LogP contribution in [0.15, 0.2) is 36.7 Å². The molecule has 0 spiro atoms. The zero-order valence-electron chi connectivity index (χ0n) is 10.9. The molecule has 1 heterocycles. The normalized spacial score (nSPS) is 11.4. The Morgan fingerprint density at radius 2 is 1.90 bits per heavy atom. The summed E-state index contributed by atoms with van der Waals surface area (Å²) in [5, 5.41) is 3.03. The highest BCUT2D eigenvalue weighted by atomic mass is 19.4. The summed E-state index contributed by atoms with van der Waals surface area (Å²) in [5.74, 6) is 0.522. The first-order chi connectivity index (χ1) is 9.52. The van der Waals surface area contributed by atoms with Crippen LogP contribution in [0.4, 0.5) is 19.0 Å². The van der Waals surface area contributed by atoms with E-state index in [4.69, 9.17) is 0 Å². The van der Waals surface area contributed by atoms with E-state index in [2.05, 4.69) is 15.3 Å². The highest BCUT2D eigenvalue weighted by molar-refractivity contribution is 5.66. The maximum atomic E-state index is 13.0. The summed E-state index contributed by atoms with van der Waals surface area (Å²) >= 11 is 0. The molecule has 0 saturated carbocycles. The second kappa shape index (κ2) is 5.90. The van der Waals surface area contributed by atoms with E-state index in [1.807, 2.05) is 6.92 Å². The van der Waals surface area contributed by atoms with Gasteiger partial charge in [0.2, 0.25) is 0 Å². The van der Waals surface area contributed by atoms with Gasteiger partial charge in [0.15, 0.2) is 0 Å². The number of hydrogen-bond acceptors (Lipinski definition) is 3. The molecule has 0 amide bonds. The molecule has 0 aliphatic rings. The molecule has 0 atom stereocenters. The lowest BCUT2D eigenvalue weighted by atomic mass is 10.0. The van der Waals surface area contributed by atoms with Crippen LogP contribution in [-0.4, -0.2) is 16.5 Å². The van der Waals surface area contributed by atoms with Crippen molar-refractivity contribution in [3.63, 3.8) is 0 Å². The number of rotatable bonds is 4. The minimum Gasteiger partial charge on any atom is -0.370 e. The third-order valence-electron chi connectivity index (χ3n) is 2.73. The van der Waals surface area contributed by atoms with E-state index in [1.54, 1.807) is 6.07 Å². The fourth-order valence-corrected chi connectivity index (χ4v) is 1.81. The molecular formula is C14H14F3N3. The van der Waals surface area contributed by atoms with Gasteiger partial charge in [0.05, 0.1) is 11.3 Å². The minimum atomic E-state index is -4.40. The molecule has 0 saturated heterocycles. The number of benzene rings is 1. The molecule has 0 fully saturated rings. The highest BCUT2D eigenvalue weighted by Gasteiger charge is 2.33. The quantitative estimate of drug-likeness (QED) is 0.921. The Hall–Kier alpha value is -2.11. The number of alkyl halides is 3. The molecule has 2 aromatic rings. The van der Waals surface area contributed by atoms with Crippen molar-refractivity contribution < 1.29 is 13.2 Å². The average Bonchev–Trinajstić information content (AvgIpc) is 2.44. The van der Waals surface area contributed by atoms with Gasteiger partial charge in [-0.3, -0.25) is 0 Å². The standard InChI is InChI=1S/C14H14F3N3/c1-2-7-18-13-8-12(19-9-20-13)10-5-3-4-6-11(10)14(15,16)17/h3-6,8-9H,2,7H2,1H3,(H,18,19,20). The van der Waals surface area contributed by atoms with E-state index in [-0.39, 0.29) is 11.3 Å². The number of aromatic nitrogens is 2. The maximum Gasteiger partial charge on any atom is 0.417 e. The van der Waals surface area contributed by atoms with Gasteiger partial charge in [-0.15, -0.1) is 0 Å². The Balaban J connectivity index is 2.42. The smallest absolute Gasteiger partial charge is 0.370 e. The van der Waals surface area contributed by atoms with E-state index in [9.17, 15) is 13.2 Å². The van der Waals surface area contributed by atoms with Crippen LogP contribution in [0.3, 0.4) is 0 Å². The predicted molar refractivity (Wildman–Crippen MR) is 71.3 cm³/mol. The SMILES string of the molecule is CCCNc1cc(-c2ccccc2C(F)(F)F)ncn1. The van der Waals surface area contributed by atoms with Gasteiger partial charge in [-0.2, -0.15) is 13.2 Å². The van der Waals surface area contributed by atoms with E-state index >= 15 is 0 Å². The first-order valence-electron chi connectivity index (χ1n) is 6.25. The number of halogens is 3. The molecule has 0 bridgehead atoms. The topological polar surface area (TPSA) is 37.8 Å². The van der Waals surface area contributed by atoms with Gasteiger partial charge in [-0.25, -0.2) is 9.97 Å². The summed E-state index contributed by atoms with van der Waals surface area (Å²) in [6, 6.07) is 6.92. The van der Waals surface area contributed by atoms with Crippen LogP contribution >= 0.6 is 0 Å². The molecule has 20 heavy (non-hydrogen) atoms. The van der Waals surface area contributed by atoms with Crippen molar-refractivity contribution >= 4 is 5.82 Å². The van der Waals surface area contributed by atoms with Crippen LogP contribution < -0.4 is 5.32 Å². The maximum absolute atomic E-state index is 13.0. The van der Waals surface area contributed by atoms with Crippen molar-refractivity contribution in [2.24, 2.45) is 0 Å². The first kappa shape index (κ1) is 14.3. The Morgan fingerprint density at radius 3 is 2.60 bits per heavy atom. The number of hydrogen-bond donors (Lipinski definition) is 1. The molecule has 0 unspecified atom stereocenters. The molecule has 6 heteroatoms. The zero-order valence-corrected chi connectivity index (χ0v) is 10.9. The fourth-order valence-electron chi connectivity index (χ4n) is 1.81. The third-order valence-corrected chi connectivity index (χ3v) is 2.73. The zero-order chi connectivity index (χ0) is 14.6. The number of nitrogens with zero attached hydrogens (tertiary/aromatic N) is 2. The fraction of sp³-hybridized carbons (Fsp3) is 0.286. The monoisotopic (exact) mass is 281 g/mol. The average molecular weight is 281 g/mol. The molecule has 0 aliphatic carbocycles. The van der Waals surface area contributed by atoms with Gasteiger partial charge < -0.3 is 5.32 Å². The van der Waals surface area contributed by atoms with E-state index in [1.165, 1.54) is 24.5 Å². The summed E-state index contributed by atoms with van der Waals surface area (Å²) in [6.07, 6.45) is -2.24. The molecule has 1 N–H and O–H groups in total. The Kier molecular flexibility index (Phi) is 4.22.